The molecule has 0 aliphatic carbocycles. The number of rotatable bonds is 7. The van der Waals surface area contributed by atoms with Gasteiger partial charge in [0.25, 0.3) is 11.1 Å². The van der Waals surface area contributed by atoms with E-state index in [0.29, 0.717) is 29.4 Å². The summed E-state index contributed by atoms with van der Waals surface area (Å²) in [5, 5.41) is -0.0293. The number of imide groups is 1. The van der Waals surface area contributed by atoms with E-state index in [9.17, 15) is 14.4 Å². The van der Waals surface area contributed by atoms with Gasteiger partial charge in [-0.15, -0.1) is 0 Å². The van der Waals surface area contributed by atoms with Crippen LogP contribution in [0, 0.1) is 0 Å². The zero-order valence-corrected chi connectivity index (χ0v) is 16.4. The monoisotopic (exact) mass is 397 g/mol. The van der Waals surface area contributed by atoms with E-state index in [0.717, 1.165) is 16.7 Å². The second kappa shape index (κ2) is 9.09. The van der Waals surface area contributed by atoms with Crippen molar-refractivity contribution in [2.75, 3.05) is 13.2 Å². The van der Waals surface area contributed by atoms with E-state index in [1.807, 2.05) is 13.8 Å². The van der Waals surface area contributed by atoms with Gasteiger partial charge in [0.2, 0.25) is 0 Å². The van der Waals surface area contributed by atoms with Crippen LogP contribution in [0.2, 0.25) is 5.02 Å². The molecular weight excluding hydrogens is 378 g/mol. The van der Waals surface area contributed by atoms with Crippen molar-refractivity contribution in [3.05, 3.63) is 33.7 Å². The number of hydrogen-bond donors (Lipinski definition) is 0. The van der Waals surface area contributed by atoms with Crippen LogP contribution in [0.15, 0.2) is 23.1 Å². The molecule has 1 aliphatic rings. The summed E-state index contributed by atoms with van der Waals surface area (Å²) in [4.78, 5) is 37.6. The fraction of sp³-hybridized carbons (Fsp3) is 0.389. The van der Waals surface area contributed by atoms with Crippen molar-refractivity contribution >= 4 is 46.6 Å². The molecule has 1 aliphatic heterocycles. The summed E-state index contributed by atoms with van der Waals surface area (Å²) < 4.78 is 10.6. The Morgan fingerprint density at radius 1 is 1.35 bits per heavy atom. The van der Waals surface area contributed by atoms with Gasteiger partial charge < -0.3 is 9.47 Å². The molecule has 8 heteroatoms. The number of amides is 2. The number of ether oxygens (including phenoxy) is 2. The number of halogens is 1. The van der Waals surface area contributed by atoms with E-state index in [-0.39, 0.29) is 11.0 Å². The van der Waals surface area contributed by atoms with Gasteiger partial charge in [0, 0.05) is 10.6 Å². The van der Waals surface area contributed by atoms with Crippen LogP contribution >= 0.6 is 23.4 Å². The van der Waals surface area contributed by atoms with Crippen LogP contribution in [-0.4, -0.2) is 41.3 Å². The predicted molar refractivity (Wildman–Crippen MR) is 101 cm³/mol. The maximum atomic E-state index is 12.5. The van der Waals surface area contributed by atoms with Gasteiger partial charge in [-0.05, 0) is 56.3 Å². The Labute approximate surface area is 161 Å². The van der Waals surface area contributed by atoms with E-state index in [1.165, 1.54) is 0 Å². The molecule has 140 valence electrons. The fourth-order valence-corrected chi connectivity index (χ4v) is 3.18. The molecule has 0 aromatic heterocycles. The summed E-state index contributed by atoms with van der Waals surface area (Å²) in [5.41, 5.74) is 0.590. The van der Waals surface area contributed by atoms with Crippen molar-refractivity contribution in [1.82, 2.24) is 4.90 Å². The molecule has 0 unspecified atom stereocenters. The third-order valence-electron chi connectivity index (χ3n) is 3.63. The molecule has 0 spiro atoms. The zero-order valence-electron chi connectivity index (χ0n) is 14.8. The summed E-state index contributed by atoms with van der Waals surface area (Å²) in [6.07, 6.45) is 1.93. The van der Waals surface area contributed by atoms with Crippen LogP contribution in [0.1, 0.15) is 32.8 Å². The minimum atomic E-state index is -0.610. The lowest BCUT2D eigenvalue weighted by molar-refractivity contribution is -0.150. The third kappa shape index (κ3) is 5.02. The molecule has 1 fully saturated rings. The van der Waals surface area contributed by atoms with Gasteiger partial charge in [0.15, 0.2) is 0 Å². The van der Waals surface area contributed by atoms with Crippen LogP contribution in [0.4, 0.5) is 4.79 Å². The molecule has 1 atom stereocenters. The van der Waals surface area contributed by atoms with E-state index < -0.39 is 23.7 Å². The first-order chi connectivity index (χ1) is 12.3. The number of carbonyl (C=O) groups is 3. The zero-order chi connectivity index (χ0) is 19.3. The first-order valence-corrected chi connectivity index (χ1v) is 9.42. The largest absolute Gasteiger partial charge is 0.493 e. The van der Waals surface area contributed by atoms with Crippen LogP contribution < -0.4 is 4.74 Å². The number of hydrogen-bond acceptors (Lipinski definition) is 6. The molecule has 0 saturated carbocycles. The molecular formula is C18H20ClNO5S. The average Bonchev–Trinajstić information content (AvgIpc) is 2.84. The lowest BCUT2D eigenvalue weighted by atomic mass is 10.2. The summed E-state index contributed by atoms with van der Waals surface area (Å²) >= 11 is 6.78. The number of benzene rings is 1. The van der Waals surface area contributed by atoms with Gasteiger partial charge in [0.1, 0.15) is 12.3 Å². The molecule has 0 bridgehead atoms. The molecule has 1 aromatic rings. The van der Waals surface area contributed by atoms with Gasteiger partial charge in [-0.2, -0.15) is 0 Å². The Morgan fingerprint density at radius 2 is 2.08 bits per heavy atom. The van der Waals surface area contributed by atoms with Crippen molar-refractivity contribution in [3.63, 3.8) is 0 Å². The highest BCUT2D eigenvalue weighted by Crippen LogP contribution is 2.34. The molecule has 1 saturated heterocycles. The highest BCUT2D eigenvalue weighted by molar-refractivity contribution is 8.18. The molecule has 0 radical (unpaired) electrons. The smallest absolute Gasteiger partial charge is 0.326 e. The quantitative estimate of drug-likeness (QED) is 0.509. The minimum Gasteiger partial charge on any atom is -0.493 e. The highest BCUT2D eigenvalue weighted by atomic mass is 35.5. The van der Waals surface area contributed by atoms with E-state index in [4.69, 9.17) is 21.1 Å². The Balaban J connectivity index is 2.19. The Kier molecular flexibility index (Phi) is 7.11. The topological polar surface area (TPSA) is 72.9 Å². The Hall–Kier alpha value is -1.99. The molecule has 6 nitrogen and oxygen atoms in total. The van der Waals surface area contributed by atoms with Crippen LogP contribution in [0.25, 0.3) is 6.08 Å². The Bertz CT molecular complexity index is 749. The summed E-state index contributed by atoms with van der Waals surface area (Å²) in [7, 11) is 0. The van der Waals surface area contributed by atoms with Crippen molar-refractivity contribution < 1.29 is 23.9 Å². The third-order valence-corrected chi connectivity index (χ3v) is 4.77. The van der Waals surface area contributed by atoms with Gasteiger partial charge in [-0.3, -0.25) is 19.3 Å². The van der Waals surface area contributed by atoms with Crippen molar-refractivity contribution in [2.24, 2.45) is 0 Å². The first kappa shape index (κ1) is 20.3. The number of carbonyl (C=O) groups excluding carboxylic acids is 3. The lowest BCUT2D eigenvalue weighted by Crippen LogP contribution is -2.35. The second-order valence-corrected chi connectivity index (χ2v) is 7.02. The van der Waals surface area contributed by atoms with Gasteiger partial charge in [-0.1, -0.05) is 18.5 Å². The molecule has 26 heavy (non-hydrogen) atoms. The maximum absolute atomic E-state index is 12.5. The predicted octanol–water partition coefficient (Wildman–Crippen LogP) is 4.12. The molecule has 1 aromatic carbocycles. The molecule has 1 heterocycles. The minimum absolute atomic E-state index is 0.203. The second-order valence-electron chi connectivity index (χ2n) is 5.59. The summed E-state index contributed by atoms with van der Waals surface area (Å²) in [6, 6.07) is 5.03. The fourth-order valence-electron chi connectivity index (χ4n) is 2.17. The van der Waals surface area contributed by atoms with E-state index >= 15 is 0 Å². The van der Waals surface area contributed by atoms with Gasteiger partial charge in [0.05, 0.1) is 17.6 Å². The summed E-state index contributed by atoms with van der Waals surface area (Å²) in [6.45, 7) is 5.52. The van der Waals surface area contributed by atoms with Gasteiger partial charge in [-0.25, -0.2) is 0 Å². The van der Waals surface area contributed by atoms with E-state index in [2.05, 4.69) is 0 Å². The number of thioether (sulfide) groups is 1. The maximum Gasteiger partial charge on any atom is 0.326 e. The van der Waals surface area contributed by atoms with Crippen LogP contribution in [0.5, 0.6) is 5.75 Å². The Morgan fingerprint density at radius 3 is 2.73 bits per heavy atom. The summed E-state index contributed by atoms with van der Waals surface area (Å²) in [5.74, 6) is -0.593. The van der Waals surface area contributed by atoms with Crippen LogP contribution in [-0.2, 0) is 14.3 Å². The van der Waals surface area contributed by atoms with Crippen molar-refractivity contribution in [3.8, 4) is 5.75 Å². The standard InChI is InChI=1S/C18H20ClNO5S/c1-4-11(3)25-16(21)10-20-17(22)15(26-18(20)23)9-12-8-13(19)6-7-14(12)24-5-2/h6-9,11H,4-5,10H2,1-3H3/b15-9+/t11-/m1/s1. The van der Waals surface area contributed by atoms with Crippen LogP contribution in [0.3, 0.4) is 0 Å². The molecule has 0 N–H and O–H groups in total. The van der Waals surface area contributed by atoms with Gasteiger partial charge >= 0.3 is 5.97 Å². The number of esters is 1. The van der Waals surface area contributed by atoms with Crippen molar-refractivity contribution in [1.29, 1.82) is 0 Å². The molecule has 2 amide bonds. The van der Waals surface area contributed by atoms with E-state index in [1.54, 1.807) is 31.2 Å². The average molecular weight is 398 g/mol. The molecule has 2 rings (SSSR count). The highest BCUT2D eigenvalue weighted by Gasteiger charge is 2.37. The van der Waals surface area contributed by atoms with Crippen molar-refractivity contribution in [2.45, 2.75) is 33.3 Å². The SMILES string of the molecule is CCOc1ccc(Cl)cc1/C=C1/SC(=O)N(CC(=O)O[C@H](C)CC)C1=O. The normalized spacial score (nSPS) is 16.9. The number of nitrogens with zero attached hydrogens (tertiary/aromatic N) is 1. The lowest BCUT2D eigenvalue weighted by Gasteiger charge is -2.14. The first-order valence-electron chi connectivity index (χ1n) is 8.22.